The Morgan fingerprint density at radius 2 is 1.76 bits per heavy atom. The standard InChI is InChI=1S/C22H27N3O3S/c1-26-19-12-17(14-23-25-22(29)24-18-10-6-7-11-18)13-20(27-2)21(19)28-15-16-8-4-3-5-9-16/h3-5,8-9,12-14,18H,6-7,10-11,15H2,1-2H3,(H2,24,25,29)/b23-14-. The molecule has 0 spiro atoms. The number of rotatable bonds is 8. The van der Waals surface area contributed by atoms with Crippen LogP contribution in [0.25, 0.3) is 0 Å². The van der Waals surface area contributed by atoms with E-state index in [2.05, 4.69) is 15.8 Å². The molecule has 154 valence electrons. The largest absolute Gasteiger partial charge is 0.493 e. The fourth-order valence-corrected chi connectivity index (χ4v) is 3.52. The fourth-order valence-electron chi connectivity index (χ4n) is 3.30. The second-order valence-corrected chi connectivity index (χ2v) is 7.26. The van der Waals surface area contributed by atoms with Crippen molar-refractivity contribution in [2.45, 2.75) is 38.3 Å². The zero-order valence-electron chi connectivity index (χ0n) is 16.8. The third-order valence-electron chi connectivity index (χ3n) is 4.78. The molecule has 0 saturated heterocycles. The molecule has 2 aromatic rings. The molecule has 0 aromatic heterocycles. The highest BCUT2D eigenvalue weighted by Crippen LogP contribution is 2.38. The Balaban J connectivity index is 1.65. The molecule has 3 rings (SSSR count). The monoisotopic (exact) mass is 413 g/mol. The van der Waals surface area contributed by atoms with Gasteiger partial charge in [-0.2, -0.15) is 5.10 Å². The SMILES string of the molecule is COc1cc(/C=N\NC(=S)NC2CCCC2)cc(OC)c1OCc1ccccc1. The minimum atomic E-state index is 0.420. The minimum Gasteiger partial charge on any atom is -0.493 e. The molecule has 0 bridgehead atoms. The maximum Gasteiger partial charge on any atom is 0.203 e. The van der Waals surface area contributed by atoms with E-state index in [0.29, 0.717) is 35.0 Å². The highest BCUT2D eigenvalue weighted by atomic mass is 32.1. The van der Waals surface area contributed by atoms with E-state index in [4.69, 9.17) is 26.4 Å². The maximum absolute atomic E-state index is 5.97. The average molecular weight is 414 g/mol. The summed E-state index contributed by atoms with van der Waals surface area (Å²) in [6.07, 6.45) is 6.49. The van der Waals surface area contributed by atoms with Crippen LogP contribution in [-0.2, 0) is 6.61 Å². The summed E-state index contributed by atoms with van der Waals surface area (Å²) < 4.78 is 17.0. The van der Waals surface area contributed by atoms with Crippen LogP contribution in [0.2, 0.25) is 0 Å². The van der Waals surface area contributed by atoms with Crippen molar-refractivity contribution in [3.8, 4) is 17.2 Å². The first-order valence-electron chi connectivity index (χ1n) is 9.72. The molecular formula is C22H27N3O3S. The number of hydrogen-bond acceptors (Lipinski definition) is 5. The van der Waals surface area contributed by atoms with Gasteiger partial charge < -0.3 is 19.5 Å². The lowest BCUT2D eigenvalue weighted by Crippen LogP contribution is -2.38. The normalized spacial score (nSPS) is 14.0. The first kappa shape index (κ1) is 20.9. The number of hydrazone groups is 1. The van der Waals surface area contributed by atoms with Crippen molar-refractivity contribution in [2.75, 3.05) is 14.2 Å². The highest BCUT2D eigenvalue weighted by Gasteiger charge is 2.16. The van der Waals surface area contributed by atoms with Crippen LogP contribution in [0.3, 0.4) is 0 Å². The maximum atomic E-state index is 5.97. The van der Waals surface area contributed by atoms with Crippen LogP contribution >= 0.6 is 12.2 Å². The van der Waals surface area contributed by atoms with Gasteiger partial charge in [0.05, 0.1) is 20.4 Å². The van der Waals surface area contributed by atoms with Crippen molar-refractivity contribution in [1.29, 1.82) is 0 Å². The summed E-state index contributed by atoms with van der Waals surface area (Å²) in [5.74, 6) is 1.71. The molecule has 1 aliphatic carbocycles. The van der Waals surface area contributed by atoms with E-state index < -0.39 is 0 Å². The van der Waals surface area contributed by atoms with Gasteiger partial charge in [0.2, 0.25) is 5.75 Å². The van der Waals surface area contributed by atoms with Gasteiger partial charge in [-0.3, -0.25) is 5.43 Å². The van der Waals surface area contributed by atoms with E-state index in [9.17, 15) is 0 Å². The van der Waals surface area contributed by atoms with Crippen molar-refractivity contribution < 1.29 is 14.2 Å². The number of nitrogens with zero attached hydrogens (tertiary/aromatic N) is 1. The lowest BCUT2D eigenvalue weighted by atomic mass is 10.2. The fraction of sp³-hybridized carbons (Fsp3) is 0.364. The van der Waals surface area contributed by atoms with E-state index in [-0.39, 0.29) is 0 Å². The number of methoxy groups -OCH3 is 2. The lowest BCUT2D eigenvalue weighted by molar-refractivity contribution is 0.266. The Labute approximate surface area is 177 Å². The van der Waals surface area contributed by atoms with Crippen molar-refractivity contribution in [3.63, 3.8) is 0 Å². The number of benzene rings is 2. The quantitative estimate of drug-likeness (QED) is 0.387. The summed E-state index contributed by atoms with van der Waals surface area (Å²) in [7, 11) is 3.20. The van der Waals surface area contributed by atoms with Crippen LogP contribution in [0.15, 0.2) is 47.6 Å². The smallest absolute Gasteiger partial charge is 0.203 e. The summed E-state index contributed by atoms with van der Waals surface area (Å²) in [6, 6.07) is 14.1. The zero-order valence-corrected chi connectivity index (χ0v) is 17.6. The van der Waals surface area contributed by atoms with Gasteiger partial charge in [-0.05, 0) is 42.8 Å². The van der Waals surface area contributed by atoms with Crippen LogP contribution in [0, 0.1) is 0 Å². The molecule has 0 aliphatic heterocycles. The molecular weight excluding hydrogens is 386 g/mol. The molecule has 2 aromatic carbocycles. The molecule has 0 unspecified atom stereocenters. The molecule has 0 atom stereocenters. The van der Waals surface area contributed by atoms with E-state index >= 15 is 0 Å². The van der Waals surface area contributed by atoms with Gasteiger partial charge in [0, 0.05) is 11.6 Å². The van der Waals surface area contributed by atoms with E-state index in [0.717, 1.165) is 24.0 Å². The number of thiocarbonyl (C=S) groups is 1. The van der Waals surface area contributed by atoms with Gasteiger partial charge in [-0.25, -0.2) is 0 Å². The van der Waals surface area contributed by atoms with Crippen LogP contribution in [0.4, 0.5) is 0 Å². The van der Waals surface area contributed by atoms with Crippen LogP contribution in [0.5, 0.6) is 17.2 Å². The molecule has 29 heavy (non-hydrogen) atoms. The number of hydrogen-bond donors (Lipinski definition) is 2. The molecule has 7 heteroatoms. The summed E-state index contributed by atoms with van der Waals surface area (Å²) in [6.45, 7) is 0.420. The van der Waals surface area contributed by atoms with Crippen molar-refractivity contribution in [2.24, 2.45) is 5.10 Å². The Morgan fingerprint density at radius 3 is 2.38 bits per heavy atom. The van der Waals surface area contributed by atoms with E-state index in [1.165, 1.54) is 12.8 Å². The molecule has 6 nitrogen and oxygen atoms in total. The van der Waals surface area contributed by atoms with Crippen LogP contribution < -0.4 is 25.0 Å². The Hall–Kier alpha value is -2.80. The number of ether oxygens (including phenoxy) is 3. The van der Waals surface area contributed by atoms with E-state index in [1.54, 1.807) is 20.4 Å². The average Bonchev–Trinajstić information content (AvgIpc) is 3.25. The van der Waals surface area contributed by atoms with Crippen LogP contribution in [-0.4, -0.2) is 31.6 Å². The van der Waals surface area contributed by atoms with E-state index in [1.807, 2.05) is 42.5 Å². The molecule has 0 radical (unpaired) electrons. The Kier molecular flexibility index (Phi) is 7.69. The van der Waals surface area contributed by atoms with Gasteiger partial charge in [-0.1, -0.05) is 43.2 Å². The lowest BCUT2D eigenvalue weighted by Gasteiger charge is -2.15. The van der Waals surface area contributed by atoms with Crippen LogP contribution in [0.1, 0.15) is 36.8 Å². The molecule has 2 N–H and O–H groups in total. The Bertz CT molecular complexity index is 811. The first-order valence-corrected chi connectivity index (χ1v) is 10.1. The molecule has 0 heterocycles. The molecule has 1 aliphatic rings. The second kappa shape index (κ2) is 10.7. The van der Waals surface area contributed by atoms with Gasteiger partial charge in [-0.15, -0.1) is 0 Å². The van der Waals surface area contributed by atoms with Gasteiger partial charge in [0.15, 0.2) is 16.6 Å². The van der Waals surface area contributed by atoms with Crippen molar-refractivity contribution in [3.05, 3.63) is 53.6 Å². The van der Waals surface area contributed by atoms with Crippen molar-refractivity contribution in [1.82, 2.24) is 10.7 Å². The molecule has 1 saturated carbocycles. The van der Waals surface area contributed by atoms with Gasteiger partial charge in [0.25, 0.3) is 0 Å². The summed E-state index contributed by atoms with van der Waals surface area (Å²) in [5, 5.41) is 8.05. The summed E-state index contributed by atoms with van der Waals surface area (Å²) in [5.41, 5.74) is 4.74. The topological polar surface area (TPSA) is 64.1 Å². The first-order chi connectivity index (χ1) is 14.2. The highest BCUT2D eigenvalue weighted by molar-refractivity contribution is 7.80. The zero-order chi connectivity index (χ0) is 20.5. The van der Waals surface area contributed by atoms with Gasteiger partial charge in [0.1, 0.15) is 6.61 Å². The summed E-state index contributed by atoms with van der Waals surface area (Å²) in [4.78, 5) is 0. The summed E-state index contributed by atoms with van der Waals surface area (Å²) >= 11 is 5.30. The molecule has 1 fully saturated rings. The molecule has 0 amide bonds. The Morgan fingerprint density at radius 1 is 1.10 bits per heavy atom. The second-order valence-electron chi connectivity index (χ2n) is 6.85. The third kappa shape index (κ3) is 6.09. The van der Waals surface area contributed by atoms with Gasteiger partial charge >= 0.3 is 0 Å². The predicted octanol–water partition coefficient (Wildman–Crippen LogP) is 4.02. The minimum absolute atomic E-state index is 0.420. The third-order valence-corrected chi connectivity index (χ3v) is 4.99. The van der Waals surface area contributed by atoms with Crippen molar-refractivity contribution >= 4 is 23.5 Å². The predicted molar refractivity (Wildman–Crippen MR) is 119 cm³/mol. The number of nitrogens with one attached hydrogen (secondary N) is 2.